The SMILES string of the molecule is CC(C)(C)C(=O)NC(C(=O)O)=C(Cl)Cl. The number of carbonyl (C=O) groups is 2. The molecule has 0 aromatic rings. The molecule has 1 amide bonds. The van der Waals surface area contributed by atoms with Crippen LogP contribution in [0.3, 0.4) is 0 Å². The third-order valence-corrected chi connectivity index (χ3v) is 1.70. The zero-order valence-corrected chi connectivity index (χ0v) is 9.53. The van der Waals surface area contributed by atoms with Gasteiger partial charge in [0.05, 0.1) is 0 Å². The van der Waals surface area contributed by atoms with Gasteiger partial charge in [0.2, 0.25) is 5.91 Å². The molecule has 4 nitrogen and oxygen atoms in total. The van der Waals surface area contributed by atoms with Crippen molar-refractivity contribution in [3.05, 3.63) is 10.2 Å². The molecule has 0 aromatic carbocycles. The number of nitrogens with one attached hydrogen (secondary N) is 1. The number of aliphatic carboxylic acids is 1. The van der Waals surface area contributed by atoms with E-state index in [4.69, 9.17) is 28.3 Å². The second kappa shape index (κ2) is 4.66. The first kappa shape index (κ1) is 13.3. The van der Waals surface area contributed by atoms with Crippen molar-refractivity contribution < 1.29 is 14.7 Å². The van der Waals surface area contributed by atoms with E-state index in [2.05, 4.69) is 5.32 Å². The standard InChI is InChI=1S/C8H11Cl2NO3/c1-8(2,3)7(14)11-4(5(9)10)6(12)13/h1-3H3,(H,11,14)(H,12,13). The molecule has 0 saturated carbocycles. The van der Waals surface area contributed by atoms with E-state index in [1.807, 2.05) is 0 Å². The molecule has 0 saturated heterocycles. The Bertz CT molecular complexity index is 287. The summed E-state index contributed by atoms with van der Waals surface area (Å²) in [7, 11) is 0. The quantitative estimate of drug-likeness (QED) is 0.724. The van der Waals surface area contributed by atoms with Crippen LogP contribution in [0.1, 0.15) is 20.8 Å². The molecule has 0 fully saturated rings. The molecule has 0 aliphatic carbocycles. The lowest BCUT2D eigenvalue weighted by atomic mass is 9.95. The molecule has 0 spiro atoms. The second-order valence-corrected chi connectivity index (χ2v) is 4.59. The Balaban J connectivity index is 4.76. The van der Waals surface area contributed by atoms with Crippen molar-refractivity contribution in [1.82, 2.24) is 5.32 Å². The van der Waals surface area contributed by atoms with Gasteiger partial charge >= 0.3 is 5.97 Å². The Kier molecular flexibility index (Phi) is 4.42. The molecule has 0 radical (unpaired) electrons. The number of carboxylic acid groups (broad SMARTS) is 1. The van der Waals surface area contributed by atoms with Crippen LogP contribution in [0.4, 0.5) is 0 Å². The average Bonchev–Trinajstić information content (AvgIpc) is 1.96. The number of carbonyl (C=O) groups excluding carboxylic acids is 1. The van der Waals surface area contributed by atoms with Crippen LogP contribution >= 0.6 is 23.2 Å². The Morgan fingerprint density at radius 1 is 1.21 bits per heavy atom. The molecular weight excluding hydrogens is 229 g/mol. The van der Waals surface area contributed by atoms with E-state index in [1.165, 1.54) is 0 Å². The summed E-state index contributed by atoms with van der Waals surface area (Å²) >= 11 is 10.6. The minimum absolute atomic E-state index is 0.464. The number of halogens is 2. The predicted molar refractivity (Wildman–Crippen MR) is 54.0 cm³/mol. The van der Waals surface area contributed by atoms with Gasteiger partial charge in [-0.25, -0.2) is 4.79 Å². The van der Waals surface area contributed by atoms with Crippen molar-refractivity contribution >= 4 is 35.1 Å². The molecule has 0 aliphatic heterocycles. The highest BCUT2D eigenvalue weighted by molar-refractivity contribution is 6.57. The summed E-state index contributed by atoms with van der Waals surface area (Å²) in [6.45, 7) is 4.93. The summed E-state index contributed by atoms with van der Waals surface area (Å²) in [5.41, 5.74) is -1.21. The Labute approximate surface area is 91.9 Å². The fourth-order valence-corrected chi connectivity index (χ4v) is 0.739. The van der Waals surface area contributed by atoms with Crippen molar-refractivity contribution in [3.8, 4) is 0 Å². The van der Waals surface area contributed by atoms with E-state index in [1.54, 1.807) is 20.8 Å². The summed E-state index contributed by atoms with van der Waals surface area (Å²) in [5, 5.41) is 10.7. The maximum atomic E-state index is 11.4. The first-order chi connectivity index (χ1) is 6.16. The number of hydrogen-bond acceptors (Lipinski definition) is 2. The van der Waals surface area contributed by atoms with Crippen LogP contribution in [0.25, 0.3) is 0 Å². The molecule has 0 aromatic heterocycles. The summed E-state index contributed by atoms with van der Waals surface area (Å²) in [4.78, 5) is 21.9. The third-order valence-electron chi connectivity index (χ3n) is 1.32. The largest absolute Gasteiger partial charge is 0.477 e. The van der Waals surface area contributed by atoms with Gasteiger partial charge in [-0.1, -0.05) is 44.0 Å². The molecule has 6 heteroatoms. The molecule has 0 heterocycles. The molecule has 0 unspecified atom stereocenters. The van der Waals surface area contributed by atoms with Crippen molar-refractivity contribution in [1.29, 1.82) is 0 Å². The molecule has 0 atom stereocenters. The van der Waals surface area contributed by atoms with Gasteiger partial charge in [-0.05, 0) is 0 Å². The normalized spacial score (nSPS) is 10.6. The molecular formula is C8H11Cl2NO3. The highest BCUT2D eigenvalue weighted by Gasteiger charge is 2.25. The van der Waals surface area contributed by atoms with E-state index in [0.717, 1.165) is 0 Å². The summed E-state index contributed by atoms with van der Waals surface area (Å²) in [6.07, 6.45) is 0. The minimum atomic E-state index is -1.37. The summed E-state index contributed by atoms with van der Waals surface area (Å²) in [6, 6.07) is 0. The highest BCUT2D eigenvalue weighted by atomic mass is 35.5. The van der Waals surface area contributed by atoms with Gasteiger partial charge < -0.3 is 10.4 Å². The average molecular weight is 240 g/mol. The van der Waals surface area contributed by atoms with Gasteiger partial charge in [-0.15, -0.1) is 0 Å². The van der Waals surface area contributed by atoms with E-state index < -0.39 is 27.5 Å². The van der Waals surface area contributed by atoms with Crippen LogP contribution in [0.2, 0.25) is 0 Å². The number of rotatable bonds is 2. The highest BCUT2D eigenvalue weighted by Crippen LogP contribution is 2.17. The van der Waals surface area contributed by atoms with E-state index in [0.29, 0.717) is 0 Å². The van der Waals surface area contributed by atoms with Crippen molar-refractivity contribution in [2.75, 3.05) is 0 Å². The van der Waals surface area contributed by atoms with E-state index in [-0.39, 0.29) is 0 Å². The van der Waals surface area contributed by atoms with Crippen LogP contribution in [-0.4, -0.2) is 17.0 Å². The topological polar surface area (TPSA) is 66.4 Å². The maximum absolute atomic E-state index is 11.4. The van der Waals surface area contributed by atoms with Gasteiger partial charge in [0.25, 0.3) is 0 Å². The fourth-order valence-electron chi connectivity index (χ4n) is 0.483. The van der Waals surface area contributed by atoms with Crippen LogP contribution in [0.15, 0.2) is 10.2 Å². The first-order valence-corrected chi connectivity index (χ1v) is 4.52. The van der Waals surface area contributed by atoms with Crippen molar-refractivity contribution in [3.63, 3.8) is 0 Å². The predicted octanol–water partition coefficient (Wildman–Crippen LogP) is 1.88. The maximum Gasteiger partial charge on any atom is 0.354 e. The third kappa shape index (κ3) is 3.98. The molecule has 2 N–H and O–H groups in total. The lowest BCUT2D eigenvalue weighted by molar-refractivity contribution is -0.136. The zero-order chi connectivity index (χ0) is 11.5. The fraction of sp³-hybridized carbons (Fsp3) is 0.500. The number of amides is 1. The van der Waals surface area contributed by atoms with Crippen molar-refractivity contribution in [2.24, 2.45) is 5.41 Å². The Morgan fingerprint density at radius 2 is 1.64 bits per heavy atom. The molecule has 0 rings (SSSR count). The lowest BCUT2D eigenvalue weighted by Crippen LogP contribution is -2.36. The Morgan fingerprint density at radius 3 is 1.86 bits per heavy atom. The number of carboxylic acids is 1. The van der Waals surface area contributed by atoms with E-state index >= 15 is 0 Å². The van der Waals surface area contributed by atoms with Gasteiger partial charge in [-0.2, -0.15) is 0 Å². The van der Waals surface area contributed by atoms with Gasteiger partial charge in [-0.3, -0.25) is 4.79 Å². The van der Waals surface area contributed by atoms with Crippen LogP contribution < -0.4 is 5.32 Å². The summed E-state index contributed by atoms with van der Waals surface area (Å²) in [5.74, 6) is -1.84. The van der Waals surface area contributed by atoms with Crippen LogP contribution in [0.5, 0.6) is 0 Å². The second-order valence-electron chi connectivity index (χ2n) is 3.64. The van der Waals surface area contributed by atoms with Gasteiger partial charge in [0, 0.05) is 5.41 Å². The van der Waals surface area contributed by atoms with Crippen LogP contribution in [0, 0.1) is 5.41 Å². The van der Waals surface area contributed by atoms with Crippen molar-refractivity contribution in [2.45, 2.75) is 20.8 Å². The molecule has 14 heavy (non-hydrogen) atoms. The number of hydrogen-bond donors (Lipinski definition) is 2. The Hall–Kier alpha value is -0.740. The smallest absolute Gasteiger partial charge is 0.354 e. The van der Waals surface area contributed by atoms with Gasteiger partial charge in [0.1, 0.15) is 4.49 Å². The molecule has 0 aliphatic rings. The van der Waals surface area contributed by atoms with Gasteiger partial charge in [0.15, 0.2) is 5.70 Å². The zero-order valence-electron chi connectivity index (χ0n) is 8.02. The van der Waals surface area contributed by atoms with E-state index in [9.17, 15) is 9.59 Å². The first-order valence-electron chi connectivity index (χ1n) is 3.76. The minimum Gasteiger partial charge on any atom is -0.477 e. The lowest BCUT2D eigenvalue weighted by Gasteiger charge is -2.17. The van der Waals surface area contributed by atoms with Crippen LogP contribution in [-0.2, 0) is 9.59 Å². The molecule has 80 valence electrons. The molecule has 0 bridgehead atoms. The monoisotopic (exact) mass is 239 g/mol. The summed E-state index contributed by atoms with van der Waals surface area (Å²) < 4.78 is -0.477.